The van der Waals surface area contributed by atoms with Crippen LogP contribution >= 0.6 is 0 Å². The molecular weight excluding hydrogens is 353 g/mol. The summed E-state index contributed by atoms with van der Waals surface area (Å²) in [7, 11) is 0. The average Bonchev–Trinajstić information content (AvgIpc) is 2.67. The molecule has 1 aliphatic rings. The Hall–Kier alpha value is -3.29. The maximum Gasteiger partial charge on any atom is 0.335 e. The van der Waals surface area contributed by atoms with Crippen molar-refractivity contribution in [3.05, 3.63) is 59.7 Å². The summed E-state index contributed by atoms with van der Waals surface area (Å²) in [6, 6.07) is 8.24. The van der Waals surface area contributed by atoms with Crippen molar-refractivity contribution in [2.75, 3.05) is 18.4 Å². The highest BCUT2D eigenvalue weighted by Crippen LogP contribution is 2.21. The molecule has 0 radical (unpaired) electrons. The molecule has 0 spiro atoms. The predicted molar refractivity (Wildman–Crippen MR) is 94.9 cm³/mol. The quantitative estimate of drug-likeness (QED) is 0.860. The number of hydrogen-bond acceptors (Lipinski definition) is 4. The van der Waals surface area contributed by atoms with Gasteiger partial charge in [0, 0.05) is 30.9 Å². The van der Waals surface area contributed by atoms with Gasteiger partial charge >= 0.3 is 5.97 Å². The number of aromatic nitrogens is 1. The van der Waals surface area contributed by atoms with E-state index in [1.807, 2.05) is 0 Å². The van der Waals surface area contributed by atoms with Crippen LogP contribution in [0.3, 0.4) is 0 Å². The standard InChI is InChI=1S/C19H18FN3O4/c20-14-2-1-3-15(11-14)22-17(24)12-5-8-23(9-6-12)18(25)16-10-13(19(26)27)4-7-21-16/h1-4,7,10-12H,5-6,8-9H2,(H,22,24)(H,26,27). The number of benzene rings is 1. The number of halogens is 1. The Balaban J connectivity index is 1.58. The van der Waals surface area contributed by atoms with Crippen molar-refractivity contribution in [3.63, 3.8) is 0 Å². The molecule has 2 heterocycles. The lowest BCUT2D eigenvalue weighted by molar-refractivity contribution is -0.121. The number of carbonyl (C=O) groups excluding carboxylic acids is 2. The van der Waals surface area contributed by atoms with Crippen LogP contribution in [0.2, 0.25) is 0 Å². The summed E-state index contributed by atoms with van der Waals surface area (Å²) >= 11 is 0. The molecule has 1 aromatic carbocycles. The zero-order valence-corrected chi connectivity index (χ0v) is 14.4. The monoisotopic (exact) mass is 371 g/mol. The third kappa shape index (κ3) is 4.46. The van der Waals surface area contributed by atoms with Gasteiger partial charge in [0.05, 0.1) is 5.56 Å². The second-order valence-corrected chi connectivity index (χ2v) is 6.30. The Morgan fingerprint density at radius 3 is 2.56 bits per heavy atom. The van der Waals surface area contributed by atoms with Crippen LogP contribution in [0.25, 0.3) is 0 Å². The minimum Gasteiger partial charge on any atom is -0.478 e. The zero-order valence-electron chi connectivity index (χ0n) is 14.4. The molecule has 140 valence electrons. The molecule has 27 heavy (non-hydrogen) atoms. The van der Waals surface area contributed by atoms with Crippen LogP contribution in [0.4, 0.5) is 10.1 Å². The van der Waals surface area contributed by atoms with E-state index in [-0.39, 0.29) is 29.0 Å². The Morgan fingerprint density at radius 2 is 1.89 bits per heavy atom. The van der Waals surface area contributed by atoms with Gasteiger partial charge in [-0.05, 0) is 43.2 Å². The van der Waals surface area contributed by atoms with Gasteiger partial charge in [-0.1, -0.05) is 6.07 Å². The number of rotatable bonds is 4. The number of hydrogen-bond donors (Lipinski definition) is 2. The fourth-order valence-electron chi connectivity index (χ4n) is 3.00. The fraction of sp³-hybridized carbons (Fsp3) is 0.263. The minimum absolute atomic E-state index is 0.00212. The van der Waals surface area contributed by atoms with E-state index < -0.39 is 11.8 Å². The number of aromatic carboxylic acids is 1. The number of anilines is 1. The number of carbonyl (C=O) groups is 3. The highest BCUT2D eigenvalue weighted by Gasteiger charge is 2.28. The largest absolute Gasteiger partial charge is 0.478 e. The first-order chi connectivity index (χ1) is 12.9. The number of piperidine rings is 1. The van der Waals surface area contributed by atoms with Gasteiger partial charge in [-0.15, -0.1) is 0 Å². The molecule has 3 rings (SSSR count). The molecule has 1 aliphatic heterocycles. The minimum atomic E-state index is -1.13. The Morgan fingerprint density at radius 1 is 1.15 bits per heavy atom. The molecule has 0 atom stereocenters. The lowest BCUT2D eigenvalue weighted by Crippen LogP contribution is -2.41. The molecule has 7 nitrogen and oxygen atoms in total. The number of pyridine rings is 1. The second-order valence-electron chi connectivity index (χ2n) is 6.30. The summed E-state index contributed by atoms with van der Waals surface area (Å²) in [5.41, 5.74) is 0.462. The van der Waals surface area contributed by atoms with Crippen LogP contribution in [-0.2, 0) is 4.79 Å². The first-order valence-corrected chi connectivity index (χ1v) is 8.49. The highest BCUT2D eigenvalue weighted by atomic mass is 19.1. The van der Waals surface area contributed by atoms with Crippen molar-refractivity contribution in [3.8, 4) is 0 Å². The van der Waals surface area contributed by atoms with Crippen LogP contribution in [0.1, 0.15) is 33.7 Å². The van der Waals surface area contributed by atoms with E-state index >= 15 is 0 Å². The molecule has 2 N–H and O–H groups in total. The highest BCUT2D eigenvalue weighted by molar-refractivity contribution is 5.96. The number of carboxylic acid groups (broad SMARTS) is 1. The van der Waals surface area contributed by atoms with Gasteiger partial charge in [0.15, 0.2) is 0 Å². The molecule has 0 aliphatic carbocycles. The Labute approximate surface area is 154 Å². The van der Waals surface area contributed by atoms with E-state index in [1.54, 1.807) is 11.0 Å². The first-order valence-electron chi connectivity index (χ1n) is 8.49. The zero-order chi connectivity index (χ0) is 19.4. The third-order valence-electron chi connectivity index (χ3n) is 4.47. The second kappa shape index (κ2) is 7.94. The molecule has 0 bridgehead atoms. The number of likely N-dealkylation sites (tertiary alicyclic amines) is 1. The maximum atomic E-state index is 13.2. The van der Waals surface area contributed by atoms with Gasteiger partial charge in [0.1, 0.15) is 11.5 Å². The van der Waals surface area contributed by atoms with Crippen LogP contribution in [0, 0.1) is 11.7 Å². The molecule has 2 amide bonds. The van der Waals surface area contributed by atoms with Crippen molar-refractivity contribution in [2.24, 2.45) is 5.92 Å². The van der Waals surface area contributed by atoms with Crippen LogP contribution in [0.15, 0.2) is 42.6 Å². The van der Waals surface area contributed by atoms with E-state index in [2.05, 4.69) is 10.3 Å². The van der Waals surface area contributed by atoms with Crippen molar-refractivity contribution in [2.45, 2.75) is 12.8 Å². The molecule has 1 saturated heterocycles. The fourth-order valence-corrected chi connectivity index (χ4v) is 3.00. The molecular formula is C19H18FN3O4. The molecule has 1 aromatic heterocycles. The predicted octanol–water partition coefficient (Wildman–Crippen LogP) is 2.41. The molecule has 8 heteroatoms. The smallest absolute Gasteiger partial charge is 0.335 e. The summed E-state index contributed by atoms with van der Waals surface area (Å²) in [6.07, 6.45) is 2.22. The lowest BCUT2D eigenvalue weighted by atomic mass is 9.95. The van der Waals surface area contributed by atoms with Crippen molar-refractivity contribution < 1.29 is 23.9 Å². The van der Waals surface area contributed by atoms with Crippen LogP contribution in [0.5, 0.6) is 0 Å². The van der Waals surface area contributed by atoms with Gasteiger partial charge in [-0.2, -0.15) is 0 Å². The Kier molecular flexibility index (Phi) is 5.44. The van der Waals surface area contributed by atoms with Crippen molar-refractivity contribution in [1.82, 2.24) is 9.88 Å². The Bertz CT molecular complexity index is 879. The molecule has 1 fully saturated rings. The van der Waals surface area contributed by atoms with Gasteiger partial charge < -0.3 is 15.3 Å². The first kappa shape index (κ1) is 18.5. The van der Waals surface area contributed by atoms with Gasteiger partial charge in [-0.3, -0.25) is 14.6 Å². The van der Waals surface area contributed by atoms with Crippen molar-refractivity contribution in [1.29, 1.82) is 0 Å². The topological polar surface area (TPSA) is 99.6 Å². The summed E-state index contributed by atoms with van der Waals surface area (Å²) in [4.78, 5) is 41.4. The number of carboxylic acids is 1. The van der Waals surface area contributed by atoms with Gasteiger partial charge in [0.25, 0.3) is 5.91 Å². The summed E-state index contributed by atoms with van der Waals surface area (Å²) in [6.45, 7) is 0.720. The lowest BCUT2D eigenvalue weighted by Gasteiger charge is -2.31. The van der Waals surface area contributed by atoms with E-state index in [0.29, 0.717) is 31.6 Å². The third-order valence-corrected chi connectivity index (χ3v) is 4.47. The van der Waals surface area contributed by atoms with Crippen LogP contribution < -0.4 is 5.32 Å². The van der Waals surface area contributed by atoms with E-state index in [1.165, 1.54) is 36.5 Å². The van der Waals surface area contributed by atoms with Crippen molar-refractivity contribution >= 4 is 23.5 Å². The van der Waals surface area contributed by atoms with Gasteiger partial charge in [-0.25, -0.2) is 9.18 Å². The van der Waals surface area contributed by atoms with E-state index in [4.69, 9.17) is 5.11 Å². The van der Waals surface area contributed by atoms with E-state index in [9.17, 15) is 18.8 Å². The average molecular weight is 371 g/mol. The summed E-state index contributed by atoms with van der Waals surface area (Å²) in [5.74, 6) is -2.40. The number of amides is 2. The number of nitrogens with zero attached hydrogens (tertiary/aromatic N) is 2. The molecule has 0 unspecified atom stereocenters. The van der Waals surface area contributed by atoms with Gasteiger partial charge in [0.2, 0.25) is 5.91 Å². The maximum absolute atomic E-state index is 13.2. The normalized spacial score (nSPS) is 14.6. The SMILES string of the molecule is O=C(O)c1ccnc(C(=O)N2CCC(C(=O)Nc3cccc(F)c3)CC2)c1. The molecule has 0 saturated carbocycles. The summed E-state index contributed by atoms with van der Waals surface area (Å²) < 4.78 is 13.2. The summed E-state index contributed by atoms with van der Waals surface area (Å²) in [5, 5.41) is 11.7. The molecule has 2 aromatic rings. The van der Waals surface area contributed by atoms with E-state index in [0.717, 1.165) is 0 Å². The number of nitrogens with one attached hydrogen (secondary N) is 1. The van der Waals surface area contributed by atoms with Crippen LogP contribution in [-0.4, -0.2) is 45.9 Å².